The van der Waals surface area contributed by atoms with Gasteiger partial charge in [0.1, 0.15) is 0 Å². The van der Waals surface area contributed by atoms with E-state index >= 15 is 0 Å². The molecule has 2 aromatic rings. The van der Waals surface area contributed by atoms with E-state index in [9.17, 15) is 18.0 Å². The SMILES string of the molecule is C[C@H]1C(=O)NCCN1Cc1nnnn1-c1ccc(C(F)(F)F)cc1. The van der Waals surface area contributed by atoms with Crippen molar-refractivity contribution in [1.82, 2.24) is 30.4 Å². The maximum atomic E-state index is 12.6. The highest BCUT2D eigenvalue weighted by atomic mass is 19.4. The lowest BCUT2D eigenvalue weighted by molar-refractivity contribution is -0.137. The summed E-state index contributed by atoms with van der Waals surface area (Å²) in [5, 5.41) is 14.1. The fourth-order valence-corrected chi connectivity index (χ4v) is 2.52. The van der Waals surface area contributed by atoms with E-state index in [1.165, 1.54) is 16.8 Å². The van der Waals surface area contributed by atoms with E-state index in [2.05, 4.69) is 20.8 Å². The Hall–Kier alpha value is -2.49. The van der Waals surface area contributed by atoms with Crippen LogP contribution in [-0.4, -0.2) is 50.1 Å². The van der Waals surface area contributed by atoms with Crippen molar-refractivity contribution in [3.8, 4) is 5.69 Å². The lowest BCUT2D eigenvalue weighted by Gasteiger charge is -2.32. The topological polar surface area (TPSA) is 75.9 Å². The van der Waals surface area contributed by atoms with E-state index in [0.717, 1.165) is 12.1 Å². The first-order chi connectivity index (χ1) is 11.4. The first-order valence-electron chi connectivity index (χ1n) is 7.33. The van der Waals surface area contributed by atoms with Gasteiger partial charge in [0.2, 0.25) is 5.91 Å². The Morgan fingerprint density at radius 2 is 2.00 bits per heavy atom. The minimum Gasteiger partial charge on any atom is -0.353 e. The minimum atomic E-state index is -4.39. The summed E-state index contributed by atoms with van der Waals surface area (Å²) >= 11 is 0. The molecule has 1 saturated heterocycles. The van der Waals surface area contributed by atoms with Crippen molar-refractivity contribution >= 4 is 5.91 Å². The van der Waals surface area contributed by atoms with Gasteiger partial charge >= 0.3 is 6.18 Å². The number of aromatic nitrogens is 4. The molecule has 1 aromatic carbocycles. The Kier molecular flexibility index (Phi) is 4.22. The van der Waals surface area contributed by atoms with Gasteiger partial charge in [-0.25, -0.2) is 0 Å². The molecule has 1 atom stereocenters. The molecule has 7 nitrogen and oxygen atoms in total. The normalized spacial score (nSPS) is 19.3. The van der Waals surface area contributed by atoms with Gasteiger partial charge in [-0.15, -0.1) is 5.10 Å². The monoisotopic (exact) mass is 340 g/mol. The quantitative estimate of drug-likeness (QED) is 0.902. The summed E-state index contributed by atoms with van der Waals surface area (Å²) in [6.45, 7) is 3.28. The number of halogens is 3. The van der Waals surface area contributed by atoms with Crippen LogP contribution in [-0.2, 0) is 17.5 Å². The smallest absolute Gasteiger partial charge is 0.353 e. The molecule has 0 bridgehead atoms. The fraction of sp³-hybridized carbons (Fsp3) is 0.429. The number of hydrogen-bond acceptors (Lipinski definition) is 5. The van der Waals surface area contributed by atoms with Crippen LogP contribution in [0, 0.1) is 0 Å². The molecular weight excluding hydrogens is 325 g/mol. The van der Waals surface area contributed by atoms with Gasteiger partial charge in [-0.2, -0.15) is 17.9 Å². The molecule has 3 rings (SSSR count). The molecule has 128 valence electrons. The largest absolute Gasteiger partial charge is 0.416 e. The van der Waals surface area contributed by atoms with Crippen molar-refractivity contribution in [3.63, 3.8) is 0 Å². The molecule has 0 radical (unpaired) electrons. The highest BCUT2D eigenvalue weighted by molar-refractivity contribution is 5.81. The number of alkyl halides is 3. The van der Waals surface area contributed by atoms with Crippen LogP contribution in [0.4, 0.5) is 13.2 Å². The van der Waals surface area contributed by atoms with Gasteiger partial charge in [0, 0.05) is 13.1 Å². The van der Waals surface area contributed by atoms with Crippen LogP contribution in [0.1, 0.15) is 18.3 Å². The summed E-state index contributed by atoms with van der Waals surface area (Å²) in [6.07, 6.45) is -4.39. The number of nitrogens with zero attached hydrogens (tertiary/aromatic N) is 5. The van der Waals surface area contributed by atoms with Gasteiger partial charge in [-0.3, -0.25) is 9.69 Å². The molecule has 0 spiro atoms. The second-order valence-corrected chi connectivity index (χ2v) is 5.49. The van der Waals surface area contributed by atoms with Crippen LogP contribution in [0.25, 0.3) is 5.69 Å². The number of rotatable bonds is 3. The average Bonchev–Trinajstić information content (AvgIpc) is 2.99. The highest BCUT2D eigenvalue weighted by Gasteiger charge is 2.30. The van der Waals surface area contributed by atoms with Crippen LogP contribution in [0.15, 0.2) is 24.3 Å². The molecular formula is C14H15F3N6O. The predicted molar refractivity (Wildman–Crippen MR) is 77.0 cm³/mol. The van der Waals surface area contributed by atoms with E-state index in [-0.39, 0.29) is 11.9 Å². The van der Waals surface area contributed by atoms with E-state index in [4.69, 9.17) is 0 Å². The molecule has 0 saturated carbocycles. The maximum Gasteiger partial charge on any atom is 0.416 e. The van der Waals surface area contributed by atoms with Gasteiger partial charge < -0.3 is 5.32 Å². The zero-order valence-electron chi connectivity index (χ0n) is 12.8. The third-order valence-corrected chi connectivity index (χ3v) is 3.94. The number of tetrazole rings is 1. The molecule has 1 N–H and O–H groups in total. The second kappa shape index (κ2) is 6.19. The third-order valence-electron chi connectivity index (χ3n) is 3.94. The zero-order chi connectivity index (χ0) is 17.3. The molecule has 1 fully saturated rings. The lowest BCUT2D eigenvalue weighted by atomic mass is 10.2. The van der Waals surface area contributed by atoms with E-state index in [0.29, 0.717) is 31.1 Å². The van der Waals surface area contributed by atoms with E-state index in [1.807, 2.05) is 4.90 Å². The van der Waals surface area contributed by atoms with E-state index in [1.54, 1.807) is 6.92 Å². The van der Waals surface area contributed by atoms with Gasteiger partial charge in [0.25, 0.3) is 0 Å². The molecule has 1 aliphatic rings. The second-order valence-electron chi connectivity index (χ2n) is 5.49. The first-order valence-corrected chi connectivity index (χ1v) is 7.33. The minimum absolute atomic E-state index is 0.0743. The summed E-state index contributed by atoms with van der Waals surface area (Å²) in [4.78, 5) is 13.6. The molecule has 1 aromatic heterocycles. The standard InChI is InChI=1S/C14H15F3N6O/c1-9-13(24)18-6-7-22(9)8-12-19-20-21-23(12)11-4-2-10(3-5-11)14(15,16)17/h2-5,9H,6-8H2,1H3,(H,18,24)/t9-/m0/s1. The number of amides is 1. The molecule has 0 aliphatic carbocycles. The van der Waals surface area contributed by atoms with Gasteiger partial charge in [0.15, 0.2) is 5.82 Å². The van der Waals surface area contributed by atoms with Gasteiger partial charge in [-0.1, -0.05) is 0 Å². The summed E-state index contributed by atoms with van der Waals surface area (Å²) < 4.78 is 39.3. The van der Waals surface area contributed by atoms with Gasteiger partial charge in [-0.05, 0) is 41.6 Å². The van der Waals surface area contributed by atoms with Crippen molar-refractivity contribution in [2.75, 3.05) is 13.1 Å². The average molecular weight is 340 g/mol. The van der Waals surface area contributed by atoms with Crippen molar-refractivity contribution < 1.29 is 18.0 Å². The predicted octanol–water partition coefficient (Wildman–Crippen LogP) is 1.00. The fourth-order valence-electron chi connectivity index (χ4n) is 2.52. The van der Waals surface area contributed by atoms with E-state index < -0.39 is 11.7 Å². The first kappa shape index (κ1) is 16.4. The Labute approximate surface area is 135 Å². The number of hydrogen-bond donors (Lipinski definition) is 1. The molecule has 2 heterocycles. The number of carbonyl (C=O) groups excluding carboxylic acids is 1. The molecule has 24 heavy (non-hydrogen) atoms. The van der Waals surface area contributed by atoms with Crippen LogP contribution in [0.5, 0.6) is 0 Å². The van der Waals surface area contributed by atoms with Crippen molar-refractivity contribution in [1.29, 1.82) is 0 Å². The van der Waals surface area contributed by atoms with Gasteiger partial charge in [0.05, 0.1) is 23.8 Å². The number of benzene rings is 1. The zero-order valence-corrected chi connectivity index (χ0v) is 12.8. The Morgan fingerprint density at radius 3 is 2.67 bits per heavy atom. The Bertz CT molecular complexity index is 727. The summed E-state index contributed by atoms with van der Waals surface area (Å²) in [7, 11) is 0. The molecule has 1 aliphatic heterocycles. The highest BCUT2D eigenvalue weighted by Crippen LogP contribution is 2.29. The number of carbonyl (C=O) groups is 1. The van der Waals surface area contributed by atoms with Crippen LogP contribution < -0.4 is 5.32 Å². The van der Waals surface area contributed by atoms with Crippen molar-refractivity contribution in [3.05, 3.63) is 35.7 Å². The van der Waals surface area contributed by atoms with Crippen molar-refractivity contribution in [2.45, 2.75) is 25.7 Å². The summed E-state index contributed by atoms with van der Waals surface area (Å²) in [6, 6.07) is 4.27. The Morgan fingerprint density at radius 1 is 1.29 bits per heavy atom. The summed E-state index contributed by atoms with van der Waals surface area (Å²) in [5.41, 5.74) is -0.306. The molecule has 10 heteroatoms. The molecule has 1 amide bonds. The van der Waals surface area contributed by atoms with Crippen LogP contribution >= 0.6 is 0 Å². The summed E-state index contributed by atoms with van der Waals surface area (Å²) in [5.74, 6) is 0.381. The molecule has 0 unspecified atom stereocenters. The van der Waals surface area contributed by atoms with Crippen LogP contribution in [0.2, 0.25) is 0 Å². The van der Waals surface area contributed by atoms with Crippen LogP contribution in [0.3, 0.4) is 0 Å². The third kappa shape index (κ3) is 3.23. The maximum absolute atomic E-state index is 12.6. The number of nitrogens with one attached hydrogen (secondary N) is 1. The van der Waals surface area contributed by atoms with Crippen molar-refractivity contribution in [2.24, 2.45) is 0 Å². The number of piperazine rings is 1. The Balaban J connectivity index is 1.81. The lowest BCUT2D eigenvalue weighted by Crippen LogP contribution is -2.53.